The molecule has 0 spiro atoms. The number of carbonyl (C=O) groups excluding carboxylic acids is 2. The fourth-order valence-electron chi connectivity index (χ4n) is 4.69. The predicted molar refractivity (Wildman–Crippen MR) is 146 cm³/mol. The molecule has 1 heterocycles. The van der Waals surface area contributed by atoms with Gasteiger partial charge in [-0.2, -0.15) is 0 Å². The van der Waals surface area contributed by atoms with Crippen LogP contribution in [0.5, 0.6) is 5.75 Å². The summed E-state index contributed by atoms with van der Waals surface area (Å²) in [5.74, 6) is -0.335. The van der Waals surface area contributed by atoms with E-state index in [0.717, 1.165) is 44.1 Å². The van der Waals surface area contributed by atoms with Crippen LogP contribution in [0, 0.1) is 0 Å². The fraction of sp³-hybridized carbons (Fsp3) is 0.393. The number of anilines is 1. The highest BCUT2D eigenvalue weighted by Gasteiger charge is 2.32. The smallest absolute Gasteiger partial charge is 0.334 e. The molecule has 196 valence electrons. The summed E-state index contributed by atoms with van der Waals surface area (Å²) in [5.41, 5.74) is 2.06. The van der Waals surface area contributed by atoms with Crippen molar-refractivity contribution in [3.63, 3.8) is 0 Å². The van der Waals surface area contributed by atoms with Crippen LogP contribution in [0.15, 0.2) is 54.3 Å². The van der Waals surface area contributed by atoms with Crippen LogP contribution < -0.4 is 9.64 Å². The lowest BCUT2D eigenvalue weighted by Gasteiger charge is -2.28. The minimum absolute atomic E-state index is 0.0789. The van der Waals surface area contributed by atoms with Crippen molar-refractivity contribution in [2.45, 2.75) is 64.0 Å². The Morgan fingerprint density at radius 3 is 2.43 bits per heavy atom. The van der Waals surface area contributed by atoms with Gasteiger partial charge in [-0.05, 0) is 69.1 Å². The second-order valence-electron chi connectivity index (χ2n) is 9.19. The lowest BCUT2D eigenvalue weighted by molar-refractivity contribution is -0.144. The lowest BCUT2D eigenvalue weighted by Crippen LogP contribution is -2.34. The molecule has 2 aliphatic rings. The van der Waals surface area contributed by atoms with Gasteiger partial charge >= 0.3 is 5.97 Å². The van der Waals surface area contributed by atoms with Crippen LogP contribution >= 0.6 is 34.8 Å². The van der Waals surface area contributed by atoms with Crippen molar-refractivity contribution in [2.24, 2.45) is 0 Å². The van der Waals surface area contributed by atoms with E-state index in [-0.39, 0.29) is 36.2 Å². The average molecular weight is 564 g/mol. The number of nitrogens with zero attached hydrogens (tertiary/aromatic N) is 2. The predicted octanol–water partition coefficient (Wildman–Crippen LogP) is 7.50. The van der Waals surface area contributed by atoms with Gasteiger partial charge in [-0.25, -0.2) is 9.78 Å². The quantitative estimate of drug-likeness (QED) is 0.180. The summed E-state index contributed by atoms with van der Waals surface area (Å²) < 4.78 is 11.5. The van der Waals surface area contributed by atoms with Crippen LogP contribution in [0.25, 0.3) is 0 Å². The van der Waals surface area contributed by atoms with Crippen molar-refractivity contribution in [3.05, 3.63) is 75.0 Å². The third-order valence-corrected chi connectivity index (χ3v) is 7.39. The molecule has 1 aromatic heterocycles. The Labute approximate surface area is 232 Å². The summed E-state index contributed by atoms with van der Waals surface area (Å²) in [6.07, 6.45) is 9.58. The third kappa shape index (κ3) is 6.86. The molecule has 1 aromatic carbocycles. The van der Waals surface area contributed by atoms with Crippen molar-refractivity contribution >= 4 is 52.4 Å². The Kier molecular flexibility index (Phi) is 9.52. The van der Waals surface area contributed by atoms with Gasteiger partial charge in [0.05, 0.1) is 22.3 Å². The molecule has 0 aliphatic heterocycles. The fourth-order valence-corrected chi connectivity index (χ4v) is 5.34. The lowest BCUT2D eigenvalue weighted by atomic mass is 9.90. The van der Waals surface area contributed by atoms with E-state index in [2.05, 4.69) is 11.6 Å². The number of rotatable bonds is 9. The molecular weight excluding hydrogens is 535 g/mol. The van der Waals surface area contributed by atoms with E-state index < -0.39 is 0 Å². The molecule has 0 bridgehead atoms. The highest BCUT2D eigenvalue weighted by Crippen LogP contribution is 2.39. The Morgan fingerprint density at radius 2 is 1.76 bits per heavy atom. The van der Waals surface area contributed by atoms with E-state index in [4.69, 9.17) is 44.3 Å². The molecule has 37 heavy (non-hydrogen) atoms. The SMILES string of the molecule is C=CCOc1cc(N(Cc2ccc(Cl)nc2)C(=O)C2=C(C(=O)OC3CCCC3)CCCC2)c(Cl)cc1Cl. The molecule has 4 rings (SSSR count). The first-order chi connectivity index (χ1) is 17.9. The minimum Gasteiger partial charge on any atom is -0.488 e. The monoisotopic (exact) mass is 562 g/mol. The van der Waals surface area contributed by atoms with Crippen molar-refractivity contribution in [2.75, 3.05) is 11.5 Å². The Balaban J connectivity index is 1.74. The normalized spacial score (nSPS) is 16.0. The van der Waals surface area contributed by atoms with Gasteiger partial charge in [0.1, 0.15) is 23.6 Å². The van der Waals surface area contributed by atoms with Gasteiger partial charge in [0, 0.05) is 23.4 Å². The van der Waals surface area contributed by atoms with Crippen LogP contribution in [0.2, 0.25) is 15.2 Å². The molecule has 6 nitrogen and oxygen atoms in total. The van der Waals surface area contributed by atoms with Crippen molar-refractivity contribution in [1.82, 2.24) is 4.98 Å². The van der Waals surface area contributed by atoms with Crippen LogP contribution in [-0.2, 0) is 20.9 Å². The number of halogens is 3. The van der Waals surface area contributed by atoms with Crippen LogP contribution in [0.1, 0.15) is 56.9 Å². The van der Waals surface area contributed by atoms with Crippen LogP contribution in [0.4, 0.5) is 5.69 Å². The van der Waals surface area contributed by atoms with Gasteiger partial charge in [-0.3, -0.25) is 4.79 Å². The number of amides is 1. The molecule has 0 saturated heterocycles. The van der Waals surface area contributed by atoms with Gasteiger partial charge in [0.15, 0.2) is 0 Å². The first kappa shape index (κ1) is 27.5. The van der Waals surface area contributed by atoms with Crippen LogP contribution in [0.3, 0.4) is 0 Å². The maximum absolute atomic E-state index is 14.1. The molecule has 0 N–H and O–H groups in total. The summed E-state index contributed by atoms with van der Waals surface area (Å²) in [4.78, 5) is 33.0. The van der Waals surface area contributed by atoms with Crippen molar-refractivity contribution in [1.29, 1.82) is 0 Å². The number of ether oxygens (including phenoxy) is 2. The minimum atomic E-state index is -0.389. The van der Waals surface area contributed by atoms with Crippen molar-refractivity contribution in [3.8, 4) is 5.75 Å². The third-order valence-electron chi connectivity index (χ3n) is 6.57. The standard InChI is InChI=1S/C28H29Cl3N2O4/c1-2-13-36-25-15-24(22(29)14-23(25)30)33(17-18-11-12-26(31)32-16-18)27(34)20-9-5-6-10-21(20)28(35)37-19-7-3-4-8-19/h2,11-12,14-16,19H,1,3-10,13,17H2. The second kappa shape index (κ2) is 12.8. The molecule has 1 amide bonds. The topological polar surface area (TPSA) is 68.7 Å². The summed E-state index contributed by atoms with van der Waals surface area (Å²) >= 11 is 18.9. The molecule has 2 aromatic rings. The van der Waals surface area contributed by atoms with E-state index >= 15 is 0 Å². The first-order valence-corrected chi connectivity index (χ1v) is 13.6. The number of carbonyl (C=O) groups is 2. The molecule has 1 saturated carbocycles. The molecule has 0 unspecified atom stereocenters. The maximum Gasteiger partial charge on any atom is 0.334 e. The molecular formula is C28H29Cl3N2O4. The molecule has 1 fully saturated rings. The molecule has 0 radical (unpaired) electrons. The Morgan fingerprint density at radius 1 is 1.03 bits per heavy atom. The summed E-state index contributed by atoms with van der Waals surface area (Å²) in [6.45, 7) is 4.05. The molecule has 2 aliphatic carbocycles. The number of aromatic nitrogens is 1. The average Bonchev–Trinajstić information content (AvgIpc) is 3.41. The highest BCUT2D eigenvalue weighted by atomic mass is 35.5. The number of esters is 1. The first-order valence-electron chi connectivity index (χ1n) is 12.5. The van der Waals surface area contributed by atoms with E-state index in [1.807, 2.05) is 0 Å². The zero-order valence-electron chi connectivity index (χ0n) is 20.5. The van der Waals surface area contributed by atoms with Crippen LogP contribution in [-0.4, -0.2) is 29.6 Å². The van der Waals surface area contributed by atoms with E-state index in [9.17, 15) is 9.59 Å². The van der Waals surface area contributed by atoms with Gasteiger partial charge < -0.3 is 14.4 Å². The largest absolute Gasteiger partial charge is 0.488 e. The summed E-state index contributed by atoms with van der Waals surface area (Å²) in [5, 5.41) is 0.935. The zero-order valence-corrected chi connectivity index (χ0v) is 22.7. The van der Waals surface area contributed by atoms with E-state index in [0.29, 0.717) is 45.6 Å². The van der Waals surface area contributed by atoms with Gasteiger partial charge in [0.2, 0.25) is 0 Å². The number of benzene rings is 1. The molecule has 0 atom stereocenters. The van der Waals surface area contributed by atoms with Crippen molar-refractivity contribution < 1.29 is 19.1 Å². The Hall–Kier alpha value is -2.54. The number of hydrogen-bond acceptors (Lipinski definition) is 5. The molecule has 9 heteroatoms. The highest BCUT2D eigenvalue weighted by molar-refractivity contribution is 6.37. The summed E-state index contributed by atoms with van der Waals surface area (Å²) in [6, 6.07) is 6.63. The van der Waals surface area contributed by atoms with E-state index in [1.54, 1.807) is 36.5 Å². The number of hydrogen-bond donors (Lipinski definition) is 0. The Bertz CT molecular complexity index is 1190. The summed E-state index contributed by atoms with van der Waals surface area (Å²) in [7, 11) is 0. The van der Waals surface area contributed by atoms with Gasteiger partial charge in [0.25, 0.3) is 5.91 Å². The second-order valence-corrected chi connectivity index (χ2v) is 10.4. The maximum atomic E-state index is 14.1. The van der Waals surface area contributed by atoms with Gasteiger partial charge in [-0.1, -0.05) is 53.5 Å². The zero-order chi connectivity index (χ0) is 26.4. The van der Waals surface area contributed by atoms with E-state index in [1.165, 1.54) is 4.90 Å². The van der Waals surface area contributed by atoms with Gasteiger partial charge in [-0.15, -0.1) is 0 Å². The number of pyridine rings is 1.